The van der Waals surface area contributed by atoms with Crippen LogP contribution in [-0.4, -0.2) is 9.97 Å². The highest BCUT2D eigenvalue weighted by molar-refractivity contribution is 7.17. The zero-order valence-corrected chi connectivity index (χ0v) is 16.9. The van der Waals surface area contributed by atoms with E-state index in [1.54, 1.807) is 17.7 Å². The van der Waals surface area contributed by atoms with Crippen LogP contribution in [0.25, 0.3) is 21.3 Å². The minimum atomic E-state index is 0.874. The van der Waals surface area contributed by atoms with Crippen molar-refractivity contribution in [2.75, 3.05) is 5.32 Å². The quantitative estimate of drug-likeness (QED) is 0.438. The molecule has 27 heavy (non-hydrogen) atoms. The molecule has 1 N–H and O–H groups in total. The van der Waals surface area contributed by atoms with E-state index in [0.717, 1.165) is 28.1 Å². The SMILES string of the molecule is CCc1cccc(C)c1Nc1ncnc2scc(-c3ccc(C)c(C)c3)c12. The number of rotatable bonds is 4. The topological polar surface area (TPSA) is 37.8 Å². The van der Waals surface area contributed by atoms with Crippen molar-refractivity contribution in [2.24, 2.45) is 0 Å². The molecule has 0 spiro atoms. The van der Waals surface area contributed by atoms with Gasteiger partial charge in [0.25, 0.3) is 0 Å². The molecule has 0 saturated heterocycles. The summed E-state index contributed by atoms with van der Waals surface area (Å²) in [7, 11) is 0. The molecule has 136 valence electrons. The smallest absolute Gasteiger partial charge is 0.143 e. The summed E-state index contributed by atoms with van der Waals surface area (Å²) in [5.74, 6) is 0.874. The number of nitrogens with zero attached hydrogens (tertiary/aromatic N) is 2. The lowest BCUT2D eigenvalue weighted by Gasteiger charge is -2.15. The van der Waals surface area contributed by atoms with Gasteiger partial charge in [0, 0.05) is 16.6 Å². The number of fused-ring (bicyclic) bond motifs is 1. The molecule has 0 unspecified atom stereocenters. The number of aryl methyl sites for hydroxylation is 4. The van der Waals surface area contributed by atoms with Gasteiger partial charge in [0.15, 0.2) is 0 Å². The highest BCUT2D eigenvalue weighted by Crippen LogP contribution is 2.38. The lowest BCUT2D eigenvalue weighted by molar-refractivity contribution is 1.13. The van der Waals surface area contributed by atoms with Crippen LogP contribution >= 0.6 is 11.3 Å². The van der Waals surface area contributed by atoms with Crippen molar-refractivity contribution in [2.45, 2.75) is 34.1 Å². The van der Waals surface area contributed by atoms with E-state index in [9.17, 15) is 0 Å². The van der Waals surface area contributed by atoms with Crippen molar-refractivity contribution in [3.8, 4) is 11.1 Å². The number of hydrogen-bond acceptors (Lipinski definition) is 4. The molecule has 4 rings (SSSR count). The number of thiophene rings is 1. The van der Waals surface area contributed by atoms with Crippen LogP contribution in [-0.2, 0) is 6.42 Å². The lowest BCUT2D eigenvalue weighted by atomic mass is 10.0. The summed E-state index contributed by atoms with van der Waals surface area (Å²) in [5.41, 5.74) is 8.67. The maximum absolute atomic E-state index is 4.60. The minimum absolute atomic E-state index is 0.874. The summed E-state index contributed by atoms with van der Waals surface area (Å²) in [5, 5.41) is 6.89. The molecule has 0 radical (unpaired) electrons. The van der Waals surface area contributed by atoms with E-state index >= 15 is 0 Å². The van der Waals surface area contributed by atoms with E-state index in [-0.39, 0.29) is 0 Å². The molecule has 0 aliphatic carbocycles. The van der Waals surface area contributed by atoms with Crippen molar-refractivity contribution in [1.82, 2.24) is 9.97 Å². The number of nitrogens with one attached hydrogen (secondary N) is 1. The second-order valence-corrected chi connectivity index (χ2v) is 7.80. The van der Waals surface area contributed by atoms with Gasteiger partial charge < -0.3 is 5.32 Å². The maximum Gasteiger partial charge on any atom is 0.143 e. The van der Waals surface area contributed by atoms with Crippen LogP contribution in [0.5, 0.6) is 0 Å². The third-order valence-electron chi connectivity index (χ3n) is 5.17. The van der Waals surface area contributed by atoms with Gasteiger partial charge in [-0.3, -0.25) is 0 Å². The molecule has 0 amide bonds. The van der Waals surface area contributed by atoms with Gasteiger partial charge in [-0.15, -0.1) is 11.3 Å². The number of anilines is 2. The second kappa shape index (κ2) is 7.12. The van der Waals surface area contributed by atoms with Gasteiger partial charge in [-0.2, -0.15) is 0 Å². The summed E-state index contributed by atoms with van der Waals surface area (Å²) in [6, 6.07) is 13.0. The van der Waals surface area contributed by atoms with Gasteiger partial charge in [0.05, 0.1) is 5.39 Å². The van der Waals surface area contributed by atoms with Crippen molar-refractivity contribution < 1.29 is 0 Å². The summed E-state index contributed by atoms with van der Waals surface area (Å²) in [4.78, 5) is 10.1. The molecule has 0 aliphatic rings. The molecular weight excluding hydrogens is 350 g/mol. The molecule has 2 aromatic carbocycles. The Morgan fingerprint density at radius 1 is 0.963 bits per heavy atom. The van der Waals surface area contributed by atoms with Crippen molar-refractivity contribution in [1.29, 1.82) is 0 Å². The largest absolute Gasteiger partial charge is 0.339 e. The van der Waals surface area contributed by atoms with E-state index in [1.165, 1.54) is 33.4 Å². The van der Waals surface area contributed by atoms with Gasteiger partial charge in [-0.25, -0.2) is 9.97 Å². The fourth-order valence-corrected chi connectivity index (χ4v) is 4.33. The Balaban J connectivity index is 1.88. The Morgan fingerprint density at radius 3 is 2.59 bits per heavy atom. The van der Waals surface area contributed by atoms with Crippen LogP contribution in [0.15, 0.2) is 48.1 Å². The normalized spacial score (nSPS) is 11.1. The fourth-order valence-electron chi connectivity index (χ4n) is 3.41. The maximum atomic E-state index is 4.60. The molecule has 0 atom stereocenters. The summed E-state index contributed by atoms with van der Waals surface area (Å²) in [6.45, 7) is 8.62. The highest BCUT2D eigenvalue weighted by Gasteiger charge is 2.15. The first kappa shape index (κ1) is 17.7. The third kappa shape index (κ3) is 3.21. The number of aromatic nitrogens is 2. The monoisotopic (exact) mass is 373 g/mol. The average molecular weight is 374 g/mol. The summed E-state index contributed by atoms with van der Waals surface area (Å²) < 4.78 is 0. The van der Waals surface area contributed by atoms with Gasteiger partial charge in [-0.05, 0) is 55.0 Å². The summed E-state index contributed by atoms with van der Waals surface area (Å²) in [6.07, 6.45) is 2.63. The highest BCUT2D eigenvalue weighted by atomic mass is 32.1. The molecular formula is C23H23N3S. The predicted molar refractivity (Wildman–Crippen MR) is 116 cm³/mol. The molecule has 2 heterocycles. The Hall–Kier alpha value is -2.72. The Bertz CT molecular complexity index is 1130. The Kier molecular flexibility index (Phi) is 4.66. The van der Waals surface area contributed by atoms with Gasteiger partial charge in [0.2, 0.25) is 0 Å². The van der Waals surface area contributed by atoms with E-state index in [4.69, 9.17) is 0 Å². The number of para-hydroxylation sites is 1. The minimum Gasteiger partial charge on any atom is -0.339 e. The third-order valence-corrected chi connectivity index (χ3v) is 6.06. The van der Waals surface area contributed by atoms with Crippen LogP contribution in [0, 0.1) is 20.8 Å². The van der Waals surface area contributed by atoms with Crippen molar-refractivity contribution in [3.05, 3.63) is 70.4 Å². The van der Waals surface area contributed by atoms with Crippen molar-refractivity contribution >= 4 is 33.1 Å². The first-order valence-electron chi connectivity index (χ1n) is 9.23. The van der Waals surface area contributed by atoms with Crippen LogP contribution in [0.3, 0.4) is 0 Å². The van der Waals surface area contributed by atoms with E-state index in [2.05, 4.69) is 84.8 Å². The fraction of sp³-hybridized carbons (Fsp3) is 0.217. The molecule has 0 aliphatic heterocycles. The molecule has 0 bridgehead atoms. The van der Waals surface area contributed by atoms with E-state index in [1.807, 2.05) is 0 Å². The zero-order valence-electron chi connectivity index (χ0n) is 16.1. The van der Waals surface area contributed by atoms with Crippen LogP contribution < -0.4 is 5.32 Å². The standard InChI is InChI=1S/C23H23N3S/c1-5-17-8-6-7-15(3)21(17)26-22-20-19(12-27-23(20)25-13-24-22)18-10-9-14(2)16(4)11-18/h6-13H,5H2,1-4H3,(H,24,25,26). The number of hydrogen-bond donors (Lipinski definition) is 1. The van der Waals surface area contributed by atoms with Crippen LogP contribution in [0.4, 0.5) is 11.5 Å². The first-order valence-corrected chi connectivity index (χ1v) is 10.1. The van der Waals surface area contributed by atoms with E-state index < -0.39 is 0 Å². The lowest BCUT2D eigenvalue weighted by Crippen LogP contribution is -2.01. The number of benzene rings is 2. The van der Waals surface area contributed by atoms with E-state index in [0.29, 0.717) is 0 Å². The molecule has 2 aromatic heterocycles. The van der Waals surface area contributed by atoms with Crippen LogP contribution in [0.1, 0.15) is 29.2 Å². The molecule has 4 aromatic rings. The predicted octanol–water partition coefficient (Wildman–Crippen LogP) is 6.59. The van der Waals surface area contributed by atoms with Gasteiger partial charge >= 0.3 is 0 Å². The average Bonchev–Trinajstić information content (AvgIpc) is 3.10. The summed E-state index contributed by atoms with van der Waals surface area (Å²) >= 11 is 1.67. The molecule has 3 nitrogen and oxygen atoms in total. The molecule has 4 heteroatoms. The second-order valence-electron chi connectivity index (χ2n) is 6.94. The zero-order chi connectivity index (χ0) is 19.0. The Labute approximate surface area is 164 Å². The van der Waals surface area contributed by atoms with Crippen LogP contribution in [0.2, 0.25) is 0 Å². The van der Waals surface area contributed by atoms with Gasteiger partial charge in [-0.1, -0.05) is 43.3 Å². The van der Waals surface area contributed by atoms with Gasteiger partial charge in [0.1, 0.15) is 17.0 Å². The first-order chi connectivity index (χ1) is 13.1. The Morgan fingerprint density at radius 2 is 1.81 bits per heavy atom. The molecule has 0 saturated carbocycles. The van der Waals surface area contributed by atoms with Crippen molar-refractivity contribution in [3.63, 3.8) is 0 Å². The molecule has 0 fully saturated rings.